The normalized spacial score (nSPS) is 21.9. The van der Waals surface area contributed by atoms with Crippen molar-refractivity contribution in [3.8, 4) is 11.1 Å². The molecule has 0 spiro atoms. The summed E-state index contributed by atoms with van der Waals surface area (Å²) in [5, 5.41) is 10.4. The third-order valence-corrected chi connectivity index (χ3v) is 10.8. The van der Waals surface area contributed by atoms with Gasteiger partial charge in [-0.15, -0.1) is 0 Å². The van der Waals surface area contributed by atoms with Gasteiger partial charge in [-0.05, 0) is 41.7 Å². The summed E-state index contributed by atoms with van der Waals surface area (Å²) >= 11 is 0. The Hall–Kier alpha value is -5.51. The average Bonchev–Trinajstić information content (AvgIpc) is 3.91. The van der Waals surface area contributed by atoms with Gasteiger partial charge in [-0.25, -0.2) is 9.69 Å². The lowest BCUT2D eigenvalue weighted by atomic mass is 9.98. The summed E-state index contributed by atoms with van der Waals surface area (Å²) in [6, 6.07) is 37.1. The Morgan fingerprint density at radius 2 is 1.46 bits per heavy atom. The molecule has 2 aliphatic rings. The summed E-state index contributed by atoms with van der Waals surface area (Å²) in [4.78, 5) is 41.8. The second kappa shape index (κ2) is 20.8. The van der Waals surface area contributed by atoms with Crippen molar-refractivity contribution < 1.29 is 57.1 Å². The number of cyclic esters (lactones) is 1. The number of hydrogen-bond acceptors (Lipinski definition) is 12. The molecule has 0 bridgehead atoms. The van der Waals surface area contributed by atoms with Crippen LogP contribution in [-0.2, 0) is 57.6 Å². The van der Waals surface area contributed by atoms with Gasteiger partial charge < -0.3 is 42.7 Å². The highest BCUT2D eigenvalue weighted by atomic mass is 16.7. The van der Waals surface area contributed by atoms with Gasteiger partial charge in [0.15, 0.2) is 12.1 Å². The van der Waals surface area contributed by atoms with Gasteiger partial charge in [-0.2, -0.15) is 0 Å². The van der Waals surface area contributed by atoms with Crippen molar-refractivity contribution >= 4 is 17.8 Å². The first-order valence-corrected chi connectivity index (χ1v) is 20.3. The zero-order valence-corrected chi connectivity index (χ0v) is 34.4. The van der Waals surface area contributed by atoms with Crippen molar-refractivity contribution in [2.45, 2.75) is 75.8 Å². The van der Waals surface area contributed by atoms with Crippen LogP contribution >= 0.6 is 0 Å². The molecular formula is C48H51NO12. The maximum atomic E-state index is 14.1. The fourth-order valence-electron chi connectivity index (χ4n) is 7.72. The molecule has 3 heterocycles. The minimum absolute atomic E-state index is 0.0505. The smallest absolute Gasteiger partial charge is 0.417 e. The Balaban J connectivity index is 1.10. The van der Waals surface area contributed by atoms with Crippen molar-refractivity contribution in [2.24, 2.45) is 0 Å². The number of nitrogens with zero attached hydrogens (tertiary/aromatic N) is 1. The molecule has 13 nitrogen and oxygen atoms in total. The molecule has 1 N–H and O–H groups in total. The first kappa shape index (κ1) is 43.6. The zero-order valence-electron chi connectivity index (χ0n) is 34.4. The number of hydrogen-bond donors (Lipinski definition) is 1. The molecule has 13 heteroatoms. The van der Waals surface area contributed by atoms with E-state index in [1.165, 1.54) is 14.2 Å². The lowest BCUT2D eigenvalue weighted by molar-refractivity contribution is -0.319. The zero-order chi connectivity index (χ0) is 42.7. The quantitative estimate of drug-likeness (QED) is 0.0517. The number of aliphatic hydroxyl groups excluding tert-OH is 1. The number of Topliss-reactive ketones (excluding diaryl/α,β-unsaturated/α-hetero) is 1. The van der Waals surface area contributed by atoms with E-state index in [4.69, 9.17) is 37.6 Å². The molecule has 7 atom stereocenters. The molecule has 2 saturated heterocycles. The second-order valence-corrected chi connectivity index (χ2v) is 14.9. The fraction of sp³-hybridized carbons (Fsp3) is 0.354. The number of rotatable bonds is 19. The SMILES string of the molecule is COC(C(=O)c1cc(-c2cccc(C)c2)c(CCCOC2C(OC)OC(CO)C(OCc3ccccc3)C2OCc2ccccc2)o1)C(=O)N1C(=O)OCC1c1ccccc1. The maximum Gasteiger partial charge on any atom is 0.417 e. The molecule has 61 heavy (non-hydrogen) atoms. The van der Waals surface area contributed by atoms with E-state index in [-0.39, 0.29) is 38.8 Å². The minimum atomic E-state index is -1.67. The molecular weight excluding hydrogens is 783 g/mol. The van der Waals surface area contributed by atoms with Crippen LogP contribution in [0, 0.1) is 6.92 Å². The third kappa shape index (κ3) is 10.3. The van der Waals surface area contributed by atoms with Crippen LogP contribution in [0.1, 0.15) is 51.0 Å². The highest BCUT2D eigenvalue weighted by Gasteiger charge is 2.49. The number of ketones is 1. The molecule has 4 aromatic carbocycles. The third-order valence-electron chi connectivity index (χ3n) is 10.8. The standard InChI is InChI=1S/C48H51NO12/c1-31-15-13-22-35(25-31)36-26-39(41(51)43(54-2)46(52)49-37(30-59-48(49)53)34-20-11-6-12-21-34)60-38(36)23-14-24-56-45-44(58-29-33-18-9-5-10-19-33)42(40(27-50)61-47(45)55-3)57-28-32-16-7-4-8-17-32/h4-13,15-22,25-26,37,40,42-45,47,50H,14,23-24,27-30H2,1-3H3. The summed E-state index contributed by atoms with van der Waals surface area (Å²) in [6.07, 6.45) is -5.57. The van der Waals surface area contributed by atoms with Gasteiger partial charge in [0.2, 0.25) is 11.9 Å². The maximum absolute atomic E-state index is 14.1. The summed E-state index contributed by atoms with van der Waals surface area (Å²) in [5.74, 6) is -1.20. The van der Waals surface area contributed by atoms with Crippen LogP contribution in [0.4, 0.5) is 4.79 Å². The Morgan fingerprint density at radius 1 is 0.803 bits per heavy atom. The van der Waals surface area contributed by atoms with E-state index in [1.54, 1.807) is 30.3 Å². The molecule has 7 unspecified atom stereocenters. The molecule has 0 saturated carbocycles. The van der Waals surface area contributed by atoms with Gasteiger partial charge in [0.25, 0.3) is 5.91 Å². The number of benzene rings is 4. The Bertz CT molecular complexity index is 2200. The number of ether oxygens (including phenoxy) is 7. The number of aliphatic hydroxyl groups is 1. The van der Waals surface area contributed by atoms with Gasteiger partial charge in [0.05, 0.1) is 19.8 Å². The lowest BCUT2D eigenvalue weighted by Gasteiger charge is -2.45. The van der Waals surface area contributed by atoms with Crippen LogP contribution in [0.2, 0.25) is 0 Å². The summed E-state index contributed by atoms with van der Waals surface area (Å²) in [7, 11) is 2.75. The molecule has 0 aliphatic carbocycles. The molecule has 1 aromatic heterocycles. The number of carbonyl (C=O) groups excluding carboxylic acids is 3. The number of methoxy groups -OCH3 is 2. The van der Waals surface area contributed by atoms with Crippen LogP contribution in [-0.4, -0.2) is 98.6 Å². The van der Waals surface area contributed by atoms with E-state index in [0.717, 1.165) is 27.2 Å². The monoisotopic (exact) mass is 833 g/mol. The van der Waals surface area contributed by atoms with Crippen LogP contribution in [0.5, 0.6) is 0 Å². The van der Waals surface area contributed by atoms with E-state index in [2.05, 4.69) is 0 Å². The highest BCUT2D eigenvalue weighted by Crippen LogP contribution is 2.34. The lowest BCUT2D eigenvalue weighted by Crippen LogP contribution is -2.61. The average molecular weight is 834 g/mol. The van der Waals surface area contributed by atoms with E-state index >= 15 is 0 Å². The number of imide groups is 1. The van der Waals surface area contributed by atoms with Crippen LogP contribution in [0.25, 0.3) is 11.1 Å². The Morgan fingerprint density at radius 3 is 2.08 bits per heavy atom. The van der Waals surface area contributed by atoms with Crippen molar-refractivity contribution in [1.29, 1.82) is 0 Å². The van der Waals surface area contributed by atoms with Crippen LogP contribution < -0.4 is 0 Å². The van der Waals surface area contributed by atoms with Gasteiger partial charge >= 0.3 is 6.09 Å². The van der Waals surface area contributed by atoms with Crippen molar-refractivity contribution in [3.63, 3.8) is 0 Å². The first-order chi connectivity index (χ1) is 29.8. The van der Waals surface area contributed by atoms with Gasteiger partial charge in [0, 0.05) is 32.8 Å². The second-order valence-electron chi connectivity index (χ2n) is 14.9. The topological polar surface area (TPSA) is 152 Å². The van der Waals surface area contributed by atoms with Gasteiger partial charge in [-0.3, -0.25) is 9.59 Å². The highest BCUT2D eigenvalue weighted by molar-refractivity contribution is 6.14. The van der Waals surface area contributed by atoms with E-state index in [9.17, 15) is 19.5 Å². The predicted octanol–water partition coefficient (Wildman–Crippen LogP) is 7.03. The van der Waals surface area contributed by atoms with E-state index < -0.39 is 60.6 Å². The van der Waals surface area contributed by atoms with Crippen LogP contribution in [0.15, 0.2) is 126 Å². The first-order valence-electron chi connectivity index (χ1n) is 20.3. The number of carbonyl (C=O) groups is 3. The summed E-state index contributed by atoms with van der Waals surface area (Å²) in [6.45, 7) is 2.30. The summed E-state index contributed by atoms with van der Waals surface area (Å²) < 4.78 is 48.5. The molecule has 2 fully saturated rings. The van der Waals surface area contributed by atoms with E-state index in [0.29, 0.717) is 29.7 Å². The molecule has 2 aliphatic heterocycles. The Labute approximate surface area is 355 Å². The van der Waals surface area contributed by atoms with Crippen molar-refractivity contribution in [1.82, 2.24) is 4.90 Å². The molecule has 2 amide bonds. The summed E-state index contributed by atoms with van der Waals surface area (Å²) in [5.41, 5.74) is 5.06. The van der Waals surface area contributed by atoms with Gasteiger partial charge in [-0.1, -0.05) is 121 Å². The molecule has 5 aromatic rings. The van der Waals surface area contributed by atoms with Gasteiger partial charge in [0.1, 0.15) is 42.8 Å². The largest absolute Gasteiger partial charge is 0.457 e. The fourth-order valence-corrected chi connectivity index (χ4v) is 7.72. The number of amides is 2. The molecule has 0 radical (unpaired) electrons. The van der Waals surface area contributed by atoms with Crippen molar-refractivity contribution in [3.05, 3.63) is 155 Å². The van der Waals surface area contributed by atoms with E-state index in [1.807, 2.05) is 97.9 Å². The van der Waals surface area contributed by atoms with Crippen molar-refractivity contribution in [2.75, 3.05) is 34.0 Å². The number of aryl methyl sites for hydroxylation is 2. The molecule has 7 rings (SSSR count). The van der Waals surface area contributed by atoms with Crippen LogP contribution in [0.3, 0.4) is 0 Å². The predicted molar refractivity (Wildman–Crippen MR) is 222 cm³/mol. The Kier molecular flexibility index (Phi) is 14.9. The molecule has 320 valence electrons. The minimum Gasteiger partial charge on any atom is -0.457 e. The number of furan rings is 1.